The molecule has 1 N–H and O–H groups in total. The summed E-state index contributed by atoms with van der Waals surface area (Å²) in [6.45, 7) is 6.99. The van der Waals surface area contributed by atoms with Crippen LogP contribution in [0.3, 0.4) is 0 Å². The molecule has 3 aromatic carbocycles. The second-order valence-corrected chi connectivity index (χ2v) is 11.8. The Morgan fingerprint density at radius 1 is 0.975 bits per heavy atom. The number of para-hydroxylation sites is 1. The number of aryl methyl sites for hydroxylation is 1. The third kappa shape index (κ3) is 7.59. The van der Waals surface area contributed by atoms with Gasteiger partial charge in [-0.2, -0.15) is 0 Å². The summed E-state index contributed by atoms with van der Waals surface area (Å²) < 4.78 is 48.6. The van der Waals surface area contributed by atoms with Crippen LogP contribution in [0, 0.1) is 18.7 Å². The van der Waals surface area contributed by atoms with Gasteiger partial charge in [-0.25, -0.2) is 12.8 Å². The lowest BCUT2D eigenvalue weighted by Crippen LogP contribution is -2.51. The van der Waals surface area contributed by atoms with Crippen LogP contribution in [0.25, 0.3) is 0 Å². The van der Waals surface area contributed by atoms with Crippen LogP contribution in [0.1, 0.15) is 31.9 Å². The molecule has 214 valence electrons. The minimum Gasteiger partial charge on any atom is -0.497 e. The smallest absolute Gasteiger partial charge is 0.264 e. The summed E-state index contributed by atoms with van der Waals surface area (Å²) in [7, 11) is -2.83. The summed E-state index contributed by atoms with van der Waals surface area (Å²) in [6.07, 6.45) is 0. The van der Waals surface area contributed by atoms with E-state index in [1.54, 1.807) is 43.3 Å². The fraction of sp³-hybridized carbons (Fsp3) is 0.333. The fourth-order valence-corrected chi connectivity index (χ4v) is 5.43. The number of halogens is 1. The summed E-state index contributed by atoms with van der Waals surface area (Å²) in [5.41, 5.74) is 1.25. The zero-order chi connectivity index (χ0) is 29.4. The number of sulfonamides is 1. The quantitative estimate of drug-likeness (QED) is 0.346. The largest absolute Gasteiger partial charge is 0.497 e. The molecule has 1 atom stereocenters. The predicted octanol–water partition coefficient (Wildman–Crippen LogP) is 4.53. The molecular formula is C30H36FN3O5S. The maximum absolute atomic E-state index is 15.0. The van der Waals surface area contributed by atoms with Gasteiger partial charge in [0.1, 0.15) is 24.2 Å². The second-order valence-electron chi connectivity index (χ2n) is 9.96. The Balaban J connectivity index is 2.03. The normalized spacial score (nSPS) is 12.1. The van der Waals surface area contributed by atoms with E-state index in [1.165, 1.54) is 42.3 Å². The number of nitrogens with zero attached hydrogens (tertiary/aromatic N) is 2. The molecule has 10 heteroatoms. The van der Waals surface area contributed by atoms with Gasteiger partial charge in [0.25, 0.3) is 10.0 Å². The highest BCUT2D eigenvalue weighted by atomic mass is 32.2. The number of amides is 2. The van der Waals surface area contributed by atoms with Crippen LogP contribution < -0.4 is 14.4 Å². The van der Waals surface area contributed by atoms with Crippen molar-refractivity contribution in [3.63, 3.8) is 0 Å². The van der Waals surface area contributed by atoms with E-state index in [0.29, 0.717) is 17.9 Å². The van der Waals surface area contributed by atoms with Gasteiger partial charge in [-0.3, -0.25) is 13.9 Å². The molecule has 0 saturated carbocycles. The fourth-order valence-electron chi connectivity index (χ4n) is 4.01. The Bertz CT molecular complexity index is 1430. The molecular weight excluding hydrogens is 533 g/mol. The zero-order valence-electron chi connectivity index (χ0n) is 23.4. The molecule has 0 fully saturated rings. The molecule has 3 aromatic rings. The molecule has 2 amide bonds. The van der Waals surface area contributed by atoms with Crippen LogP contribution in [0.5, 0.6) is 5.75 Å². The van der Waals surface area contributed by atoms with Crippen molar-refractivity contribution in [3.05, 3.63) is 89.7 Å². The van der Waals surface area contributed by atoms with Crippen molar-refractivity contribution in [2.24, 2.45) is 5.92 Å². The summed E-state index contributed by atoms with van der Waals surface area (Å²) in [4.78, 5) is 28.2. The Kier molecular flexibility index (Phi) is 10.3. The lowest BCUT2D eigenvalue weighted by molar-refractivity contribution is -0.139. The number of carbonyl (C=O) groups is 2. The van der Waals surface area contributed by atoms with Crippen molar-refractivity contribution in [3.8, 4) is 5.75 Å². The number of carbonyl (C=O) groups excluding carboxylic acids is 2. The number of benzene rings is 3. The molecule has 3 rings (SSSR count). The van der Waals surface area contributed by atoms with E-state index in [9.17, 15) is 22.4 Å². The van der Waals surface area contributed by atoms with E-state index in [0.717, 1.165) is 15.9 Å². The van der Waals surface area contributed by atoms with Gasteiger partial charge in [-0.1, -0.05) is 55.8 Å². The monoisotopic (exact) mass is 569 g/mol. The van der Waals surface area contributed by atoms with Crippen molar-refractivity contribution in [2.45, 2.75) is 45.2 Å². The van der Waals surface area contributed by atoms with E-state index >= 15 is 0 Å². The van der Waals surface area contributed by atoms with Crippen LogP contribution in [0.2, 0.25) is 0 Å². The van der Waals surface area contributed by atoms with Crippen molar-refractivity contribution >= 4 is 27.5 Å². The molecule has 0 bridgehead atoms. The highest BCUT2D eigenvalue weighted by Crippen LogP contribution is 2.27. The lowest BCUT2D eigenvalue weighted by Gasteiger charge is -2.32. The Morgan fingerprint density at radius 2 is 1.65 bits per heavy atom. The van der Waals surface area contributed by atoms with Crippen LogP contribution in [-0.4, -0.2) is 51.4 Å². The van der Waals surface area contributed by atoms with Gasteiger partial charge in [0.15, 0.2) is 0 Å². The van der Waals surface area contributed by atoms with Gasteiger partial charge in [-0.05, 0) is 61.7 Å². The lowest BCUT2D eigenvalue weighted by atomic mass is 10.1. The van der Waals surface area contributed by atoms with E-state index in [2.05, 4.69) is 5.32 Å². The maximum Gasteiger partial charge on any atom is 0.264 e. The van der Waals surface area contributed by atoms with Gasteiger partial charge in [0.2, 0.25) is 11.8 Å². The standard InChI is InChI=1S/C30H36FN3O5S/c1-21(2)18-32-30(36)23(4)33(19-24-9-8-10-25(17-24)39-5)29(35)20-34(28-12-7-6-11-27(28)31)40(37,38)26-15-13-22(3)14-16-26/h6-17,21,23H,18-20H2,1-5H3,(H,32,36)/t23-/m0/s1. The highest BCUT2D eigenvalue weighted by molar-refractivity contribution is 7.92. The third-order valence-corrected chi connectivity index (χ3v) is 8.12. The Labute approximate surface area is 235 Å². The van der Waals surface area contributed by atoms with Gasteiger partial charge in [0, 0.05) is 13.1 Å². The number of nitrogens with one attached hydrogen (secondary N) is 1. The average Bonchev–Trinajstić information content (AvgIpc) is 2.93. The average molecular weight is 570 g/mol. The first-order chi connectivity index (χ1) is 18.9. The molecule has 0 unspecified atom stereocenters. The van der Waals surface area contributed by atoms with Crippen molar-refractivity contribution in [1.29, 1.82) is 0 Å². The van der Waals surface area contributed by atoms with Crippen LogP contribution in [0.4, 0.5) is 10.1 Å². The van der Waals surface area contributed by atoms with Crippen LogP contribution >= 0.6 is 0 Å². The maximum atomic E-state index is 15.0. The molecule has 0 saturated heterocycles. The van der Waals surface area contributed by atoms with Crippen molar-refractivity contribution < 1.29 is 27.1 Å². The SMILES string of the molecule is COc1cccc(CN(C(=O)CN(c2ccccc2F)S(=O)(=O)c2ccc(C)cc2)[C@@H](C)C(=O)NCC(C)C)c1. The van der Waals surface area contributed by atoms with E-state index < -0.39 is 34.3 Å². The summed E-state index contributed by atoms with van der Waals surface area (Å²) in [6, 6.07) is 17.5. The van der Waals surface area contributed by atoms with Gasteiger partial charge >= 0.3 is 0 Å². The molecule has 0 heterocycles. The predicted molar refractivity (Wildman–Crippen MR) is 153 cm³/mol. The topological polar surface area (TPSA) is 96.0 Å². The number of ether oxygens (including phenoxy) is 1. The van der Waals surface area contributed by atoms with E-state index in [-0.39, 0.29) is 29.0 Å². The van der Waals surface area contributed by atoms with Crippen LogP contribution in [0.15, 0.2) is 77.7 Å². The number of methoxy groups -OCH3 is 1. The molecule has 0 aromatic heterocycles. The minimum absolute atomic E-state index is 0.00197. The number of hydrogen-bond acceptors (Lipinski definition) is 5. The molecule has 0 radical (unpaired) electrons. The van der Waals surface area contributed by atoms with Crippen LogP contribution in [-0.2, 0) is 26.2 Å². The van der Waals surface area contributed by atoms with E-state index in [4.69, 9.17) is 4.74 Å². The number of anilines is 1. The van der Waals surface area contributed by atoms with Gasteiger partial charge < -0.3 is 15.0 Å². The van der Waals surface area contributed by atoms with Crippen molar-refractivity contribution in [2.75, 3.05) is 24.5 Å². The minimum atomic E-state index is -4.35. The Hall–Kier alpha value is -3.92. The molecule has 0 spiro atoms. The summed E-state index contributed by atoms with van der Waals surface area (Å²) in [5, 5.41) is 2.83. The zero-order valence-corrected chi connectivity index (χ0v) is 24.2. The number of hydrogen-bond donors (Lipinski definition) is 1. The summed E-state index contributed by atoms with van der Waals surface area (Å²) >= 11 is 0. The van der Waals surface area contributed by atoms with Crippen molar-refractivity contribution in [1.82, 2.24) is 10.2 Å². The first kappa shape index (κ1) is 30.6. The molecule has 0 aliphatic heterocycles. The third-order valence-electron chi connectivity index (χ3n) is 6.35. The van der Waals surface area contributed by atoms with Gasteiger partial charge in [-0.15, -0.1) is 0 Å². The molecule has 8 nitrogen and oxygen atoms in total. The Morgan fingerprint density at radius 3 is 2.27 bits per heavy atom. The van der Waals surface area contributed by atoms with Gasteiger partial charge in [0.05, 0.1) is 17.7 Å². The first-order valence-corrected chi connectivity index (χ1v) is 14.4. The molecule has 40 heavy (non-hydrogen) atoms. The molecule has 0 aliphatic rings. The van der Waals surface area contributed by atoms with E-state index in [1.807, 2.05) is 20.8 Å². The second kappa shape index (κ2) is 13.4. The number of rotatable bonds is 12. The highest BCUT2D eigenvalue weighted by Gasteiger charge is 2.33. The molecule has 0 aliphatic carbocycles. The first-order valence-electron chi connectivity index (χ1n) is 13.0. The summed E-state index contributed by atoms with van der Waals surface area (Å²) in [5.74, 6) is -1.10.